The van der Waals surface area contributed by atoms with Gasteiger partial charge in [0, 0.05) is 51.4 Å². The Bertz CT molecular complexity index is 396. The molecule has 1 spiro atoms. The van der Waals surface area contributed by atoms with E-state index in [0.717, 1.165) is 58.2 Å². The molecule has 0 aromatic rings. The first-order valence-corrected chi connectivity index (χ1v) is 8.86. The van der Waals surface area contributed by atoms with Gasteiger partial charge in [-0.25, -0.2) is 0 Å². The summed E-state index contributed by atoms with van der Waals surface area (Å²) in [5.41, 5.74) is 0.215. The lowest BCUT2D eigenvalue weighted by atomic mass is 9.71. The summed E-state index contributed by atoms with van der Waals surface area (Å²) >= 11 is 0. The van der Waals surface area contributed by atoms with Crippen molar-refractivity contribution >= 4 is 5.91 Å². The van der Waals surface area contributed by atoms with Crippen molar-refractivity contribution in [2.75, 3.05) is 45.9 Å². The van der Waals surface area contributed by atoms with Gasteiger partial charge in [0.2, 0.25) is 5.91 Å². The topological polar surface area (TPSA) is 32.8 Å². The van der Waals surface area contributed by atoms with Crippen LogP contribution in [-0.2, 0) is 9.53 Å². The van der Waals surface area contributed by atoms with Gasteiger partial charge in [0.05, 0.1) is 5.92 Å². The molecule has 4 heteroatoms. The van der Waals surface area contributed by atoms with E-state index < -0.39 is 0 Å². The minimum atomic E-state index is 0.215. The standard InChI is InChI=1S/C17H28N2O2/c20-16(19-7-1-2-8-19)15-12-18(11-14-3-4-14)13-17(15)5-9-21-10-6-17/h14-15H,1-13H2/t15-/m0/s1. The van der Waals surface area contributed by atoms with E-state index in [1.165, 1.54) is 32.2 Å². The number of ether oxygens (including phenoxy) is 1. The monoisotopic (exact) mass is 292 g/mol. The Hall–Kier alpha value is -0.610. The van der Waals surface area contributed by atoms with Crippen LogP contribution in [0.4, 0.5) is 0 Å². The third-order valence-corrected chi connectivity index (χ3v) is 6.14. The molecule has 1 atom stereocenters. The normalized spacial score (nSPS) is 33.0. The minimum Gasteiger partial charge on any atom is -0.381 e. The molecule has 0 N–H and O–H groups in total. The van der Waals surface area contributed by atoms with Gasteiger partial charge in [0.1, 0.15) is 0 Å². The lowest BCUT2D eigenvalue weighted by Crippen LogP contribution is -2.45. The van der Waals surface area contributed by atoms with Crippen molar-refractivity contribution in [3.8, 4) is 0 Å². The molecule has 3 aliphatic heterocycles. The largest absolute Gasteiger partial charge is 0.381 e. The van der Waals surface area contributed by atoms with Crippen LogP contribution in [0.1, 0.15) is 38.5 Å². The van der Waals surface area contributed by atoms with E-state index in [0.29, 0.717) is 5.91 Å². The highest BCUT2D eigenvalue weighted by Crippen LogP contribution is 2.46. The fourth-order valence-corrected chi connectivity index (χ4v) is 4.66. The van der Waals surface area contributed by atoms with E-state index >= 15 is 0 Å². The summed E-state index contributed by atoms with van der Waals surface area (Å²) in [5.74, 6) is 1.61. The second kappa shape index (κ2) is 5.54. The molecule has 4 aliphatic rings. The summed E-state index contributed by atoms with van der Waals surface area (Å²) in [4.78, 5) is 17.8. The highest BCUT2D eigenvalue weighted by Gasteiger charge is 2.52. The van der Waals surface area contributed by atoms with Crippen LogP contribution in [0.2, 0.25) is 0 Å². The van der Waals surface area contributed by atoms with Gasteiger partial charge in [-0.2, -0.15) is 0 Å². The van der Waals surface area contributed by atoms with E-state index in [-0.39, 0.29) is 11.3 Å². The predicted molar refractivity (Wildman–Crippen MR) is 81.0 cm³/mol. The first-order valence-electron chi connectivity index (χ1n) is 8.86. The number of hydrogen-bond acceptors (Lipinski definition) is 3. The first kappa shape index (κ1) is 14.0. The number of nitrogens with zero attached hydrogens (tertiary/aromatic N) is 2. The fourth-order valence-electron chi connectivity index (χ4n) is 4.66. The number of likely N-dealkylation sites (tertiary alicyclic amines) is 2. The zero-order valence-electron chi connectivity index (χ0n) is 13.1. The quantitative estimate of drug-likeness (QED) is 0.794. The summed E-state index contributed by atoms with van der Waals surface area (Å²) in [6, 6.07) is 0. The van der Waals surface area contributed by atoms with Gasteiger partial charge in [-0.3, -0.25) is 4.79 Å². The molecule has 1 aliphatic carbocycles. The fraction of sp³-hybridized carbons (Fsp3) is 0.941. The van der Waals surface area contributed by atoms with E-state index in [1.807, 2.05) is 0 Å². The Labute approximate surface area is 127 Å². The molecule has 3 saturated heterocycles. The lowest BCUT2D eigenvalue weighted by molar-refractivity contribution is -0.139. The molecule has 1 amide bonds. The maximum atomic E-state index is 13.0. The number of carbonyl (C=O) groups is 1. The molecule has 4 fully saturated rings. The van der Waals surface area contributed by atoms with Crippen LogP contribution in [0.5, 0.6) is 0 Å². The van der Waals surface area contributed by atoms with E-state index in [2.05, 4.69) is 9.80 Å². The van der Waals surface area contributed by atoms with Crippen molar-refractivity contribution in [2.24, 2.45) is 17.3 Å². The van der Waals surface area contributed by atoms with Gasteiger partial charge >= 0.3 is 0 Å². The van der Waals surface area contributed by atoms with Gasteiger partial charge in [-0.15, -0.1) is 0 Å². The molecule has 0 aromatic carbocycles. The third kappa shape index (κ3) is 2.72. The zero-order chi connectivity index (χ0) is 14.3. The minimum absolute atomic E-state index is 0.215. The van der Waals surface area contributed by atoms with Gasteiger partial charge < -0.3 is 14.5 Å². The Morgan fingerprint density at radius 2 is 1.86 bits per heavy atom. The summed E-state index contributed by atoms with van der Waals surface area (Å²) in [7, 11) is 0. The second-order valence-corrected chi connectivity index (χ2v) is 7.70. The van der Waals surface area contributed by atoms with E-state index in [1.54, 1.807) is 0 Å². The average molecular weight is 292 g/mol. The van der Waals surface area contributed by atoms with E-state index in [4.69, 9.17) is 4.74 Å². The molecule has 0 radical (unpaired) electrons. The molecule has 0 aromatic heterocycles. The van der Waals surface area contributed by atoms with Crippen molar-refractivity contribution in [1.82, 2.24) is 9.80 Å². The van der Waals surface area contributed by atoms with Crippen molar-refractivity contribution < 1.29 is 9.53 Å². The summed E-state index contributed by atoms with van der Waals surface area (Å²) in [6.45, 7) is 7.05. The van der Waals surface area contributed by atoms with Crippen LogP contribution in [0.3, 0.4) is 0 Å². The number of amides is 1. The number of rotatable bonds is 3. The smallest absolute Gasteiger partial charge is 0.227 e. The Morgan fingerprint density at radius 3 is 2.52 bits per heavy atom. The Morgan fingerprint density at radius 1 is 1.14 bits per heavy atom. The zero-order valence-corrected chi connectivity index (χ0v) is 13.1. The molecule has 4 nitrogen and oxygen atoms in total. The molecule has 3 heterocycles. The SMILES string of the molecule is O=C([C@@H]1CN(CC2CC2)CC12CCOCC2)N1CCCC1. The summed E-state index contributed by atoms with van der Waals surface area (Å²) in [6.07, 6.45) is 7.35. The van der Waals surface area contributed by atoms with Crippen LogP contribution in [-0.4, -0.2) is 61.6 Å². The summed E-state index contributed by atoms with van der Waals surface area (Å²) in [5, 5.41) is 0. The molecule has 4 rings (SSSR count). The number of carbonyl (C=O) groups excluding carboxylic acids is 1. The van der Waals surface area contributed by atoms with E-state index in [9.17, 15) is 4.79 Å². The molecule has 1 saturated carbocycles. The van der Waals surface area contributed by atoms with Crippen LogP contribution in [0.15, 0.2) is 0 Å². The average Bonchev–Trinajstić information content (AvgIpc) is 3.02. The first-order chi connectivity index (χ1) is 10.3. The molecular formula is C17H28N2O2. The predicted octanol–water partition coefficient (Wildman–Crippen LogP) is 1.75. The van der Waals surface area contributed by atoms with Crippen LogP contribution in [0, 0.1) is 17.3 Å². The van der Waals surface area contributed by atoms with Gasteiger partial charge in [0.15, 0.2) is 0 Å². The van der Waals surface area contributed by atoms with Gasteiger partial charge in [-0.05, 0) is 44.4 Å². The molecule has 118 valence electrons. The Balaban J connectivity index is 1.50. The third-order valence-electron chi connectivity index (χ3n) is 6.14. The van der Waals surface area contributed by atoms with Crippen LogP contribution >= 0.6 is 0 Å². The van der Waals surface area contributed by atoms with Gasteiger partial charge in [-0.1, -0.05) is 0 Å². The van der Waals surface area contributed by atoms with Gasteiger partial charge in [0.25, 0.3) is 0 Å². The molecule has 0 unspecified atom stereocenters. The lowest BCUT2D eigenvalue weighted by Gasteiger charge is -2.38. The molecule has 0 bridgehead atoms. The second-order valence-electron chi connectivity index (χ2n) is 7.70. The molecular weight excluding hydrogens is 264 g/mol. The highest BCUT2D eigenvalue weighted by molar-refractivity contribution is 5.80. The Kier molecular flexibility index (Phi) is 3.70. The maximum Gasteiger partial charge on any atom is 0.227 e. The molecule has 21 heavy (non-hydrogen) atoms. The highest BCUT2D eigenvalue weighted by atomic mass is 16.5. The van der Waals surface area contributed by atoms with Crippen molar-refractivity contribution in [1.29, 1.82) is 0 Å². The van der Waals surface area contributed by atoms with Crippen molar-refractivity contribution in [3.63, 3.8) is 0 Å². The van der Waals surface area contributed by atoms with Crippen LogP contribution < -0.4 is 0 Å². The summed E-state index contributed by atoms with van der Waals surface area (Å²) < 4.78 is 5.60. The maximum absolute atomic E-state index is 13.0. The van der Waals surface area contributed by atoms with Crippen molar-refractivity contribution in [2.45, 2.75) is 38.5 Å². The number of hydrogen-bond donors (Lipinski definition) is 0. The van der Waals surface area contributed by atoms with Crippen molar-refractivity contribution in [3.05, 3.63) is 0 Å². The van der Waals surface area contributed by atoms with Crippen LogP contribution in [0.25, 0.3) is 0 Å².